The van der Waals surface area contributed by atoms with Crippen LogP contribution in [0.25, 0.3) is 16.9 Å². The van der Waals surface area contributed by atoms with E-state index >= 15 is 0 Å². The van der Waals surface area contributed by atoms with Gasteiger partial charge in [0.2, 0.25) is 0 Å². The third-order valence-corrected chi connectivity index (χ3v) is 3.85. The molecule has 0 bridgehead atoms. The lowest BCUT2D eigenvalue weighted by atomic mass is 10.1. The van der Waals surface area contributed by atoms with Gasteiger partial charge in [-0.2, -0.15) is 18.3 Å². The van der Waals surface area contributed by atoms with E-state index in [1.54, 1.807) is 19.1 Å². The Hall–Kier alpha value is -2.97. The van der Waals surface area contributed by atoms with Gasteiger partial charge in [0.25, 0.3) is 5.91 Å². The topological polar surface area (TPSA) is 59.3 Å². The van der Waals surface area contributed by atoms with Gasteiger partial charge in [-0.15, -0.1) is 0 Å². The molecule has 1 atom stereocenters. The van der Waals surface area contributed by atoms with Gasteiger partial charge in [-0.1, -0.05) is 12.1 Å². The number of rotatable bonds is 3. The standard InChI is InChI=1S/C17H14F4N4O/c1-9-6-14(11-4-3-5-12(18)7-11)24-15-13(8-22-25(9)15)16(26)23-10(2)17(19,20)21/h3-8,10H,1-2H3,(H,23,26). The fourth-order valence-corrected chi connectivity index (χ4v) is 2.43. The second-order valence-electron chi connectivity index (χ2n) is 5.82. The van der Waals surface area contributed by atoms with Gasteiger partial charge in [0, 0.05) is 11.3 Å². The van der Waals surface area contributed by atoms with Gasteiger partial charge in [0.15, 0.2) is 5.65 Å². The number of carbonyl (C=O) groups is 1. The van der Waals surface area contributed by atoms with E-state index in [1.807, 2.05) is 5.32 Å². The SMILES string of the molecule is Cc1cc(-c2cccc(F)c2)nc2c(C(=O)NC(C)C(F)(F)F)cnn12. The first kappa shape index (κ1) is 17.8. The Labute approximate surface area is 145 Å². The second kappa shape index (κ2) is 6.40. The van der Waals surface area contributed by atoms with Gasteiger partial charge in [-0.3, -0.25) is 4.79 Å². The summed E-state index contributed by atoms with van der Waals surface area (Å²) in [7, 11) is 0. The number of amides is 1. The highest BCUT2D eigenvalue weighted by Crippen LogP contribution is 2.23. The first-order valence-electron chi connectivity index (χ1n) is 7.65. The van der Waals surface area contributed by atoms with Crippen molar-refractivity contribution in [2.45, 2.75) is 26.1 Å². The molecule has 2 heterocycles. The smallest absolute Gasteiger partial charge is 0.340 e. The fraction of sp³-hybridized carbons (Fsp3) is 0.235. The zero-order chi connectivity index (χ0) is 19.1. The van der Waals surface area contributed by atoms with Crippen LogP contribution >= 0.6 is 0 Å². The largest absolute Gasteiger partial charge is 0.408 e. The Balaban J connectivity index is 2.04. The number of aromatic nitrogens is 3. The minimum atomic E-state index is -4.56. The average molecular weight is 366 g/mol. The maximum atomic E-state index is 13.5. The van der Waals surface area contributed by atoms with Crippen LogP contribution in [-0.2, 0) is 0 Å². The van der Waals surface area contributed by atoms with Gasteiger partial charge >= 0.3 is 6.18 Å². The van der Waals surface area contributed by atoms with Crippen LogP contribution in [0.2, 0.25) is 0 Å². The molecule has 1 unspecified atom stereocenters. The van der Waals surface area contributed by atoms with E-state index < -0.39 is 23.9 Å². The molecular weight excluding hydrogens is 352 g/mol. The summed E-state index contributed by atoms with van der Waals surface area (Å²) in [5, 5.41) is 5.88. The molecule has 136 valence electrons. The molecule has 0 radical (unpaired) electrons. The van der Waals surface area contributed by atoms with E-state index in [2.05, 4.69) is 10.1 Å². The third kappa shape index (κ3) is 3.37. The number of benzene rings is 1. The first-order valence-corrected chi connectivity index (χ1v) is 7.65. The van der Waals surface area contributed by atoms with E-state index in [9.17, 15) is 22.4 Å². The predicted molar refractivity (Wildman–Crippen MR) is 86.1 cm³/mol. The number of fused-ring (bicyclic) bond motifs is 1. The average Bonchev–Trinajstić information content (AvgIpc) is 2.98. The van der Waals surface area contributed by atoms with Crippen LogP contribution in [0.15, 0.2) is 36.5 Å². The van der Waals surface area contributed by atoms with E-state index in [-0.39, 0.29) is 11.2 Å². The highest BCUT2D eigenvalue weighted by molar-refractivity contribution is 6.00. The maximum Gasteiger partial charge on any atom is 0.408 e. The number of hydrogen-bond donors (Lipinski definition) is 1. The van der Waals surface area contributed by atoms with E-state index in [1.165, 1.54) is 22.7 Å². The van der Waals surface area contributed by atoms with Crippen molar-refractivity contribution in [3.63, 3.8) is 0 Å². The molecule has 2 aromatic heterocycles. The van der Waals surface area contributed by atoms with Crippen molar-refractivity contribution in [1.29, 1.82) is 0 Å². The van der Waals surface area contributed by atoms with Crippen LogP contribution in [0.4, 0.5) is 17.6 Å². The molecule has 5 nitrogen and oxygen atoms in total. The molecule has 1 N–H and O–H groups in total. The van der Waals surface area contributed by atoms with E-state index in [0.29, 0.717) is 17.0 Å². The van der Waals surface area contributed by atoms with Crippen LogP contribution in [-0.4, -0.2) is 32.7 Å². The molecule has 3 rings (SSSR count). The number of aryl methyl sites for hydroxylation is 1. The normalized spacial score (nSPS) is 13.0. The van der Waals surface area contributed by atoms with Crippen molar-refractivity contribution in [2.75, 3.05) is 0 Å². The van der Waals surface area contributed by atoms with Crippen LogP contribution in [0.3, 0.4) is 0 Å². The van der Waals surface area contributed by atoms with Gasteiger partial charge in [0.05, 0.1) is 11.9 Å². The van der Waals surface area contributed by atoms with Gasteiger partial charge in [-0.25, -0.2) is 13.9 Å². The van der Waals surface area contributed by atoms with Crippen molar-refractivity contribution < 1.29 is 22.4 Å². The Kier molecular flexibility index (Phi) is 4.39. The van der Waals surface area contributed by atoms with Crippen molar-refractivity contribution in [3.05, 3.63) is 53.6 Å². The van der Waals surface area contributed by atoms with Crippen molar-refractivity contribution >= 4 is 11.6 Å². The Morgan fingerprint density at radius 1 is 1.27 bits per heavy atom. The Morgan fingerprint density at radius 3 is 2.65 bits per heavy atom. The lowest BCUT2D eigenvalue weighted by molar-refractivity contribution is -0.149. The number of carbonyl (C=O) groups excluding carboxylic acids is 1. The summed E-state index contributed by atoms with van der Waals surface area (Å²) < 4.78 is 52.8. The molecule has 0 saturated heterocycles. The summed E-state index contributed by atoms with van der Waals surface area (Å²) in [6.45, 7) is 2.55. The van der Waals surface area contributed by atoms with E-state index in [0.717, 1.165) is 13.1 Å². The molecule has 1 aromatic carbocycles. The molecule has 26 heavy (non-hydrogen) atoms. The molecule has 0 aliphatic carbocycles. The molecule has 3 aromatic rings. The van der Waals surface area contributed by atoms with Gasteiger partial charge in [-0.05, 0) is 32.0 Å². The monoisotopic (exact) mass is 366 g/mol. The highest BCUT2D eigenvalue weighted by atomic mass is 19.4. The lowest BCUT2D eigenvalue weighted by Gasteiger charge is -2.16. The molecule has 1 amide bonds. The number of halogens is 4. The molecule has 0 spiro atoms. The number of hydrogen-bond acceptors (Lipinski definition) is 3. The minimum absolute atomic E-state index is 0.0936. The van der Waals surface area contributed by atoms with Gasteiger partial charge in [0.1, 0.15) is 17.4 Å². The summed E-state index contributed by atoms with van der Waals surface area (Å²) >= 11 is 0. The molecule has 0 aliphatic rings. The number of nitrogens with zero attached hydrogens (tertiary/aromatic N) is 3. The van der Waals surface area contributed by atoms with Crippen molar-refractivity contribution in [3.8, 4) is 11.3 Å². The molecular formula is C17H14F4N4O. The zero-order valence-corrected chi connectivity index (χ0v) is 13.8. The molecule has 0 saturated carbocycles. The first-order chi connectivity index (χ1) is 12.2. The van der Waals surface area contributed by atoms with Crippen molar-refractivity contribution in [1.82, 2.24) is 19.9 Å². The fourth-order valence-electron chi connectivity index (χ4n) is 2.43. The Morgan fingerprint density at radius 2 is 2.00 bits per heavy atom. The highest BCUT2D eigenvalue weighted by Gasteiger charge is 2.37. The van der Waals surface area contributed by atoms with E-state index in [4.69, 9.17) is 0 Å². The molecule has 0 fully saturated rings. The zero-order valence-electron chi connectivity index (χ0n) is 13.8. The summed E-state index contributed by atoms with van der Waals surface area (Å²) in [5.74, 6) is -1.39. The lowest BCUT2D eigenvalue weighted by Crippen LogP contribution is -2.43. The number of alkyl halides is 3. The van der Waals surface area contributed by atoms with Crippen molar-refractivity contribution in [2.24, 2.45) is 0 Å². The third-order valence-electron chi connectivity index (χ3n) is 3.85. The van der Waals surface area contributed by atoms with Crippen LogP contribution in [0.5, 0.6) is 0 Å². The van der Waals surface area contributed by atoms with Crippen LogP contribution in [0.1, 0.15) is 23.0 Å². The summed E-state index contributed by atoms with van der Waals surface area (Å²) in [6.07, 6.45) is -3.40. The van der Waals surface area contributed by atoms with Gasteiger partial charge < -0.3 is 5.32 Å². The maximum absolute atomic E-state index is 13.5. The second-order valence-corrected chi connectivity index (χ2v) is 5.82. The van der Waals surface area contributed by atoms with Crippen LogP contribution in [0, 0.1) is 12.7 Å². The molecule has 9 heteroatoms. The molecule has 0 aliphatic heterocycles. The number of nitrogens with one attached hydrogen (secondary N) is 1. The quantitative estimate of drug-likeness (QED) is 0.722. The Bertz CT molecular complexity index is 981. The minimum Gasteiger partial charge on any atom is -0.340 e. The summed E-state index contributed by atoms with van der Waals surface area (Å²) in [4.78, 5) is 16.5. The summed E-state index contributed by atoms with van der Waals surface area (Å²) in [5.41, 5.74) is 1.45. The summed E-state index contributed by atoms with van der Waals surface area (Å²) in [6, 6.07) is 5.35. The predicted octanol–water partition coefficient (Wildman–Crippen LogP) is 3.52. The van der Waals surface area contributed by atoms with Crippen LogP contribution < -0.4 is 5.32 Å².